The molecule has 0 aliphatic carbocycles. The Hall–Kier alpha value is -1.43. The summed E-state index contributed by atoms with van der Waals surface area (Å²) in [5.74, 6) is -1.79. The van der Waals surface area contributed by atoms with Crippen LogP contribution in [0.2, 0.25) is 0 Å². The lowest BCUT2D eigenvalue weighted by Gasteiger charge is -2.20. The molecule has 0 amide bonds. The van der Waals surface area contributed by atoms with Crippen molar-refractivity contribution in [3.63, 3.8) is 0 Å². The first-order chi connectivity index (χ1) is 7.51. The van der Waals surface area contributed by atoms with Crippen molar-refractivity contribution >= 4 is 17.7 Å². The van der Waals surface area contributed by atoms with E-state index in [0.29, 0.717) is 0 Å². The molecule has 0 N–H and O–H groups in total. The number of likely N-dealkylation sites (N-methyl/N-ethyl adjacent to an activating group) is 1. The SMILES string of the molecule is COC(=O)CC1C(=O)CN(C)C1C(=O)OC. The van der Waals surface area contributed by atoms with E-state index in [-0.39, 0.29) is 18.7 Å². The highest BCUT2D eigenvalue weighted by Gasteiger charge is 2.45. The first-order valence-corrected chi connectivity index (χ1v) is 4.88. The fourth-order valence-corrected chi connectivity index (χ4v) is 1.90. The van der Waals surface area contributed by atoms with E-state index in [1.54, 1.807) is 11.9 Å². The van der Waals surface area contributed by atoms with Gasteiger partial charge in [0.1, 0.15) is 6.04 Å². The molecule has 1 heterocycles. The third-order valence-electron chi connectivity index (χ3n) is 2.73. The molecule has 0 saturated carbocycles. The van der Waals surface area contributed by atoms with Crippen molar-refractivity contribution in [2.24, 2.45) is 5.92 Å². The number of carbonyl (C=O) groups is 3. The zero-order valence-corrected chi connectivity index (χ0v) is 9.56. The predicted molar refractivity (Wildman–Crippen MR) is 53.6 cm³/mol. The molecule has 1 rings (SSSR count). The van der Waals surface area contributed by atoms with E-state index in [1.165, 1.54) is 14.2 Å². The highest BCUT2D eigenvalue weighted by molar-refractivity contribution is 5.95. The van der Waals surface area contributed by atoms with Crippen LogP contribution in [-0.2, 0) is 23.9 Å². The quantitative estimate of drug-likeness (QED) is 0.591. The lowest BCUT2D eigenvalue weighted by Crippen LogP contribution is -2.39. The molecule has 6 heteroatoms. The molecule has 0 aromatic carbocycles. The highest BCUT2D eigenvalue weighted by atomic mass is 16.5. The number of Topliss-reactive ketones (excluding diaryl/α,β-unsaturated/α-hetero) is 1. The van der Waals surface area contributed by atoms with Gasteiger partial charge >= 0.3 is 11.9 Å². The fraction of sp³-hybridized carbons (Fsp3) is 0.700. The number of hydrogen-bond donors (Lipinski definition) is 0. The third kappa shape index (κ3) is 2.38. The molecule has 6 nitrogen and oxygen atoms in total. The van der Waals surface area contributed by atoms with Crippen molar-refractivity contribution in [2.45, 2.75) is 12.5 Å². The van der Waals surface area contributed by atoms with Crippen LogP contribution in [0.25, 0.3) is 0 Å². The summed E-state index contributed by atoms with van der Waals surface area (Å²) in [5, 5.41) is 0. The summed E-state index contributed by atoms with van der Waals surface area (Å²) in [5.41, 5.74) is 0. The maximum atomic E-state index is 11.6. The predicted octanol–water partition coefficient (Wildman–Crippen LogP) is -0.778. The monoisotopic (exact) mass is 229 g/mol. The number of nitrogens with zero attached hydrogens (tertiary/aromatic N) is 1. The Bertz CT molecular complexity index is 314. The van der Waals surface area contributed by atoms with Gasteiger partial charge in [-0.1, -0.05) is 0 Å². The maximum Gasteiger partial charge on any atom is 0.323 e. The fourth-order valence-electron chi connectivity index (χ4n) is 1.90. The second-order valence-corrected chi connectivity index (χ2v) is 3.74. The Morgan fingerprint density at radius 3 is 2.50 bits per heavy atom. The molecule has 0 aromatic heterocycles. The number of esters is 2. The Morgan fingerprint density at radius 1 is 1.38 bits per heavy atom. The standard InChI is InChI=1S/C10H15NO5/c1-11-5-7(12)6(4-8(13)15-2)9(11)10(14)16-3/h6,9H,4-5H2,1-3H3. The summed E-state index contributed by atoms with van der Waals surface area (Å²) in [7, 11) is 4.16. The van der Waals surface area contributed by atoms with E-state index in [4.69, 9.17) is 0 Å². The summed E-state index contributed by atoms with van der Waals surface area (Å²) in [6.07, 6.45) is -0.0839. The zero-order valence-electron chi connectivity index (χ0n) is 9.56. The van der Waals surface area contributed by atoms with Gasteiger partial charge in [-0.25, -0.2) is 0 Å². The average Bonchev–Trinajstić information content (AvgIpc) is 2.53. The smallest absolute Gasteiger partial charge is 0.323 e. The molecular weight excluding hydrogens is 214 g/mol. The minimum Gasteiger partial charge on any atom is -0.469 e. The highest BCUT2D eigenvalue weighted by Crippen LogP contribution is 2.24. The molecule has 0 aromatic rings. The lowest BCUT2D eigenvalue weighted by atomic mass is 9.96. The van der Waals surface area contributed by atoms with Gasteiger partial charge in [-0.3, -0.25) is 19.3 Å². The first kappa shape index (κ1) is 12.6. The van der Waals surface area contributed by atoms with Crippen LogP contribution in [0.3, 0.4) is 0 Å². The van der Waals surface area contributed by atoms with E-state index in [0.717, 1.165) is 0 Å². The normalized spacial score (nSPS) is 25.6. The molecule has 1 aliphatic rings. The number of carbonyl (C=O) groups excluding carboxylic acids is 3. The van der Waals surface area contributed by atoms with E-state index in [1.807, 2.05) is 0 Å². The van der Waals surface area contributed by atoms with Crippen LogP contribution in [0.1, 0.15) is 6.42 Å². The minimum absolute atomic E-state index is 0.0839. The van der Waals surface area contributed by atoms with Crippen molar-refractivity contribution in [1.29, 1.82) is 0 Å². The van der Waals surface area contributed by atoms with E-state index in [9.17, 15) is 14.4 Å². The van der Waals surface area contributed by atoms with Crippen LogP contribution < -0.4 is 0 Å². The topological polar surface area (TPSA) is 72.9 Å². The van der Waals surface area contributed by atoms with Crippen LogP contribution in [0.4, 0.5) is 0 Å². The second-order valence-electron chi connectivity index (χ2n) is 3.74. The Morgan fingerprint density at radius 2 is 2.00 bits per heavy atom. The Labute approximate surface area is 93.5 Å². The first-order valence-electron chi connectivity index (χ1n) is 4.88. The van der Waals surface area contributed by atoms with Gasteiger partial charge in [0.25, 0.3) is 0 Å². The zero-order chi connectivity index (χ0) is 12.3. The average molecular weight is 229 g/mol. The number of methoxy groups -OCH3 is 2. The van der Waals surface area contributed by atoms with Gasteiger partial charge in [0.15, 0.2) is 5.78 Å². The van der Waals surface area contributed by atoms with Crippen molar-refractivity contribution in [2.75, 3.05) is 27.8 Å². The molecule has 1 aliphatic heterocycles. The van der Waals surface area contributed by atoms with Gasteiger partial charge in [0.05, 0.1) is 33.1 Å². The van der Waals surface area contributed by atoms with E-state index in [2.05, 4.69) is 9.47 Å². The van der Waals surface area contributed by atoms with Gasteiger partial charge in [-0.05, 0) is 7.05 Å². The van der Waals surface area contributed by atoms with Crippen molar-refractivity contribution in [3.05, 3.63) is 0 Å². The second kappa shape index (κ2) is 5.07. The van der Waals surface area contributed by atoms with Gasteiger partial charge in [0.2, 0.25) is 0 Å². The van der Waals surface area contributed by atoms with Crippen LogP contribution in [0.5, 0.6) is 0 Å². The molecule has 90 valence electrons. The van der Waals surface area contributed by atoms with Crippen molar-refractivity contribution in [1.82, 2.24) is 4.90 Å². The van der Waals surface area contributed by atoms with Crippen LogP contribution in [0.15, 0.2) is 0 Å². The molecule has 2 atom stereocenters. The van der Waals surface area contributed by atoms with Crippen LogP contribution >= 0.6 is 0 Å². The van der Waals surface area contributed by atoms with Gasteiger partial charge < -0.3 is 9.47 Å². The molecule has 16 heavy (non-hydrogen) atoms. The maximum absolute atomic E-state index is 11.6. The van der Waals surface area contributed by atoms with E-state index < -0.39 is 23.9 Å². The van der Waals surface area contributed by atoms with Crippen molar-refractivity contribution in [3.8, 4) is 0 Å². The molecular formula is C10H15NO5. The van der Waals surface area contributed by atoms with Crippen LogP contribution in [-0.4, -0.2) is 56.5 Å². The molecule has 1 saturated heterocycles. The van der Waals surface area contributed by atoms with Crippen LogP contribution in [0, 0.1) is 5.92 Å². The Kier molecular flexibility index (Phi) is 4.00. The molecule has 0 radical (unpaired) electrons. The molecule has 1 fully saturated rings. The largest absolute Gasteiger partial charge is 0.469 e. The number of ether oxygens (including phenoxy) is 2. The molecule has 0 spiro atoms. The summed E-state index contributed by atoms with van der Waals surface area (Å²) in [6, 6.07) is -0.684. The van der Waals surface area contributed by atoms with Gasteiger partial charge in [-0.2, -0.15) is 0 Å². The van der Waals surface area contributed by atoms with Gasteiger partial charge in [0, 0.05) is 0 Å². The van der Waals surface area contributed by atoms with E-state index >= 15 is 0 Å². The Balaban J connectivity index is 2.81. The lowest BCUT2D eigenvalue weighted by molar-refractivity contribution is -0.149. The van der Waals surface area contributed by atoms with Gasteiger partial charge in [-0.15, -0.1) is 0 Å². The third-order valence-corrected chi connectivity index (χ3v) is 2.73. The molecule has 0 bridgehead atoms. The number of rotatable bonds is 3. The molecule has 2 unspecified atom stereocenters. The summed E-state index contributed by atoms with van der Waals surface area (Å²) in [6.45, 7) is 0.154. The summed E-state index contributed by atoms with van der Waals surface area (Å²) in [4.78, 5) is 35.8. The minimum atomic E-state index is -0.684. The number of hydrogen-bond acceptors (Lipinski definition) is 6. The number of likely N-dealkylation sites (tertiary alicyclic amines) is 1. The summed E-state index contributed by atoms with van der Waals surface area (Å²) < 4.78 is 9.11. The number of ketones is 1. The summed E-state index contributed by atoms with van der Waals surface area (Å²) >= 11 is 0. The van der Waals surface area contributed by atoms with Crippen molar-refractivity contribution < 1.29 is 23.9 Å².